The Morgan fingerprint density at radius 2 is 1.81 bits per heavy atom. The number of pyridine rings is 1. The Bertz CT molecular complexity index is 1230. The third-order valence-electron chi connectivity index (χ3n) is 4.90. The summed E-state index contributed by atoms with van der Waals surface area (Å²) in [6, 6.07) is 2.77. The maximum atomic E-state index is 14.9. The molecule has 31 heavy (non-hydrogen) atoms. The molecule has 0 bridgehead atoms. The summed E-state index contributed by atoms with van der Waals surface area (Å²) >= 11 is -1.32. The number of aromatic nitrogens is 4. The van der Waals surface area contributed by atoms with Gasteiger partial charge in [-0.1, -0.05) is 4.09 Å². The lowest BCUT2D eigenvalue weighted by molar-refractivity contribution is 0.206. The number of rotatable bonds is 6. The molecule has 0 aliphatic heterocycles. The number of benzene rings is 1. The Balaban J connectivity index is 1.83. The second kappa shape index (κ2) is 8.17. The molecule has 0 saturated heterocycles. The Morgan fingerprint density at radius 3 is 2.39 bits per heavy atom. The van der Waals surface area contributed by atoms with Gasteiger partial charge < -0.3 is 24.1 Å². The molecule has 4 rings (SSSR count). The number of nitrogens with one attached hydrogen (secondary N) is 1. The van der Waals surface area contributed by atoms with Crippen molar-refractivity contribution in [2.24, 2.45) is 0 Å². The van der Waals surface area contributed by atoms with Crippen molar-refractivity contribution in [3.8, 4) is 22.6 Å². The van der Waals surface area contributed by atoms with Crippen LogP contribution >= 0.6 is 0 Å². The third kappa shape index (κ3) is 3.60. The summed E-state index contributed by atoms with van der Waals surface area (Å²) in [5.74, 6) is -2.58. The molecule has 11 heteroatoms. The van der Waals surface area contributed by atoms with Crippen molar-refractivity contribution >= 4 is 22.4 Å². The Morgan fingerprint density at radius 1 is 1.13 bits per heavy atom. The molecular weight excluding hydrogens is 430 g/mol. The fraction of sp³-hybridized carbons (Fsp3) is 0.200. The van der Waals surface area contributed by atoms with Crippen LogP contribution in [0.3, 0.4) is 0 Å². The maximum absolute atomic E-state index is 14.9. The maximum Gasteiger partial charge on any atom is 0.174 e. The number of aliphatic hydroxyl groups is 1. The Kier molecular flexibility index (Phi) is 5.56. The minimum atomic E-state index is -1.67. The number of fused-ring (bicyclic) bond motifs is 1. The summed E-state index contributed by atoms with van der Waals surface area (Å²) in [6.07, 6.45) is 5.95. The fourth-order valence-corrected chi connectivity index (χ4v) is 3.74. The van der Waals surface area contributed by atoms with E-state index in [0.29, 0.717) is 22.2 Å². The molecule has 4 aromatic rings. The number of hydrogen-bond donors (Lipinski definition) is 2. The molecule has 0 radical (unpaired) electrons. The highest BCUT2D eigenvalue weighted by Crippen LogP contribution is 2.39. The fourth-order valence-electron chi connectivity index (χ4n) is 3.30. The average molecular weight is 448 g/mol. The van der Waals surface area contributed by atoms with Gasteiger partial charge in [0.25, 0.3) is 0 Å². The van der Waals surface area contributed by atoms with Gasteiger partial charge in [0.05, 0.1) is 43.5 Å². The van der Waals surface area contributed by atoms with Crippen LogP contribution in [0.1, 0.15) is 17.2 Å². The molecule has 2 N–H and O–H groups in total. The van der Waals surface area contributed by atoms with Gasteiger partial charge in [-0.25, -0.2) is 13.8 Å². The SMILES string of the molecule is COc1cc(OC)c(F)c(C(O)c2c[nH]c3ncc(-c4cnn([S+](C)[O-])c4)cc23)c1F. The number of ether oxygens (including phenoxy) is 2. The molecule has 2 unspecified atom stereocenters. The first-order chi connectivity index (χ1) is 14.8. The van der Waals surface area contributed by atoms with E-state index in [1.54, 1.807) is 18.5 Å². The molecule has 2 atom stereocenters. The zero-order valence-corrected chi connectivity index (χ0v) is 17.5. The third-order valence-corrected chi connectivity index (χ3v) is 5.62. The quantitative estimate of drug-likeness (QED) is 0.439. The molecule has 0 spiro atoms. The predicted octanol–water partition coefficient (Wildman–Crippen LogP) is 2.95. The van der Waals surface area contributed by atoms with Crippen LogP contribution in [-0.4, -0.2) is 49.3 Å². The van der Waals surface area contributed by atoms with Gasteiger partial charge in [-0.15, -0.1) is 5.10 Å². The lowest BCUT2D eigenvalue weighted by atomic mass is 9.98. The molecule has 8 nitrogen and oxygen atoms in total. The standard InChI is InChI=1S/C20H18F2N4O4S/c1-29-14-5-15(30-2)18(22)16(17(14)21)19(27)13-8-24-20-12(13)4-10(6-23-20)11-7-25-26(9-11)31(3)28/h4-9,19,27H,1-3H3,(H,23,24). The normalized spacial score (nSPS) is 13.4. The van der Waals surface area contributed by atoms with E-state index in [9.17, 15) is 18.4 Å². The van der Waals surface area contributed by atoms with Crippen molar-refractivity contribution in [2.45, 2.75) is 6.10 Å². The van der Waals surface area contributed by atoms with Crippen LogP contribution in [0.5, 0.6) is 11.5 Å². The van der Waals surface area contributed by atoms with Crippen LogP contribution in [0.2, 0.25) is 0 Å². The van der Waals surface area contributed by atoms with Crippen LogP contribution in [0.15, 0.2) is 36.9 Å². The van der Waals surface area contributed by atoms with E-state index in [4.69, 9.17) is 9.47 Å². The van der Waals surface area contributed by atoms with E-state index in [1.807, 2.05) is 0 Å². The van der Waals surface area contributed by atoms with E-state index < -0.39 is 34.7 Å². The monoisotopic (exact) mass is 448 g/mol. The number of hydrogen-bond acceptors (Lipinski definition) is 6. The summed E-state index contributed by atoms with van der Waals surface area (Å²) in [7, 11) is 2.47. The van der Waals surface area contributed by atoms with Crippen molar-refractivity contribution in [3.05, 3.63) is 59.7 Å². The smallest absolute Gasteiger partial charge is 0.174 e. The average Bonchev–Trinajstić information content (AvgIpc) is 3.41. The number of halogens is 2. The zero-order valence-electron chi connectivity index (χ0n) is 16.7. The van der Waals surface area contributed by atoms with Crippen molar-refractivity contribution in [3.63, 3.8) is 0 Å². The van der Waals surface area contributed by atoms with E-state index in [1.165, 1.54) is 37.0 Å². The summed E-state index contributed by atoms with van der Waals surface area (Å²) < 4.78 is 52.5. The highest BCUT2D eigenvalue weighted by atomic mass is 32.2. The Labute approximate surface area is 178 Å². The second-order valence-electron chi connectivity index (χ2n) is 6.64. The predicted molar refractivity (Wildman–Crippen MR) is 110 cm³/mol. The summed E-state index contributed by atoms with van der Waals surface area (Å²) in [6.45, 7) is 0. The number of aliphatic hydroxyl groups excluding tert-OH is 1. The molecule has 0 aliphatic carbocycles. The zero-order chi connectivity index (χ0) is 22.3. The lowest BCUT2D eigenvalue weighted by Crippen LogP contribution is -2.09. The number of H-pyrrole nitrogens is 1. The van der Waals surface area contributed by atoms with E-state index in [2.05, 4.69) is 15.1 Å². The van der Waals surface area contributed by atoms with Gasteiger partial charge in [-0.3, -0.25) is 0 Å². The van der Waals surface area contributed by atoms with Gasteiger partial charge in [-0.2, -0.15) is 0 Å². The minimum Gasteiger partial charge on any atom is -0.592 e. The Hall–Kier alpha value is -3.15. The van der Waals surface area contributed by atoms with Gasteiger partial charge in [0, 0.05) is 40.5 Å². The van der Waals surface area contributed by atoms with Crippen molar-refractivity contribution in [1.29, 1.82) is 0 Å². The number of nitrogens with zero attached hydrogens (tertiary/aromatic N) is 3. The first-order valence-electron chi connectivity index (χ1n) is 8.99. The van der Waals surface area contributed by atoms with Gasteiger partial charge in [0.2, 0.25) is 0 Å². The molecule has 1 aromatic carbocycles. The van der Waals surface area contributed by atoms with Gasteiger partial charge in [-0.05, 0) is 6.07 Å². The van der Waals surface area contributed by atoms with Crippen molar-refractivity contribution in [2.75, 3.05) is 20.5 Å². The largest absolute Gasteiger partial charge is 0.592 e. The topological polar surface area (TPSA) is 108 Å². The minimum absolute atomic E-state index is 0.212. The van der Waals surface area contributed by atoms with Crippen LogP contribution in [0, 0.1) is 11.6 Å². The van der Waals surface area contributed by atoms with Crippen molar-refractivity contribution < 1.29 is 27.9 Å². The molecule has 3 aromatic heterocycles. The van der Waals surface area contributed by atoms with E-state index in [-0.39, 0.29) is 17.1 Å². The highest BCUT2D eigenvalue weighted by Gasteiger charge is 2.28. The van der Waals surface area contributed by atoms with Crippen LogP contribution < -0.4 is 9.47 Å². The second-order valence-corrected chi connectivity index (χ2v) is 7.87. The van der Waals surface area contributed by atoms with Crippen LogP contribution in [0.4, 0.5) is 8.78 Å². The number of aromatic amines is 1. The molecule has 0 aliphatic rings. The molecule has 0 amide bonds. The molecule has 0 fully saturated rings. The van der Waals surface area contributed by atoms with Crippen LogP contribution in [0.25, 0.3) is 22.2 Å². The van der Waals surface area contributed by atoms with E-state index >= 15 is 0 Å². The first-order valence-corrected chi connectivity index (χ1v) is 10.5. The van der Waals surface area contributed by atoms with Crippen molar-refractivity contribution in [1.82, 2.24) is 19.2 Å². The number of methoxy groups -OCH3 is 2. The van der Waals surface area contributed by atoms with E-state index in [0.717, 1.165) is 6.07 Å². The summed E-state index contributed by atoms with van der Waals surface area (Å²) in [5, 5.41) is 15.4. The molecule has 0 saturated carbocycles. The first kappa shape index (κ1) is 21.1. The van der Waals surface area contributed by atoms with Crippen LogP contribution in [-0.2, 0) is 11.4 Å². The highest BCUT2D eigenvalue weighted by molar-refractivity contribution is 7.89. The molecule has 3 heterocycles. The van der Waals surface area contributed by atoms with Gasteiger partial charge in [0.1, 0.15) is 18.0 Å². The molecule has 162 valence electrons. The summed E-state index contributed by atoms with van der Waals surface area (Å²) in [4.78, 5) is 7.19. The lowest BCUT2D eigenvalue weighted by Gasteiger charge is -2.17. The summed E-state index contributed by atoms with van der Waals surface area (Å²) in [5.41, 5.74) is 1.30. The van der Waals surface area contributed by atoms with Gasteiger partial charge >= 0.3 is 0 Å². The molecular formula is C20H18F2N4O4S. The van der Waals surface area contributed by atoms with Gasteiger partial charge in [0.15, 0.2) is 23.1 Å².